The van der Waals surface area contributed by atoms with Crippen LogP contribution in [-0.4, -0.2) is 37.7 Å². The van der Waals surface area contributed by atoms with Gasteiger partial charge in [0.2, 0.25) is 0 Å². The van der Waals surface area contributed by atoms with E-state index < -0.39 is 0 Å². The van der Waals surface area contributed by atoms with Crippen molar-refractivity contribution in [2.24, 2.45) is 0 Å². The van der Waals surface area contributed by atoms with Crippen LogP contribution in [0.3, 0.4) is 0 Å². The van der Waals surface area contributed by atoms with Crippen molar-refractivity contribution in [3.63, 3.8) is 0 Å². The predicted molar refractivity (Wildman–Crippen MR) is 84.3 cm³/mol. The average molecular weight is 276 g/mol. The largest absolute Gasteiger partial charge is 0.487 e. The van der Waals surface area contributed by atoms with Crippen LogP contribution in [0.5, 0.6) is 5.75 Å². The lowest BCUT2D eigenvalue weighted by molar-refractivity contribution is 0.0226. The summed E-state index contributed by atoms with van der Waals surface area (Å²) >= 11 is 0. The van der Waals surface area contributed by atoms with E-state index in [1.165, 1.54) is 5.56 Å². The highest BCUT2D eigenvalue weighted by molar-refractivity contribution is 5.38. The highest BCUT2D eigenvalue weighted by Gasteiger charge is 2.37. The van der Waals surface area contributed by atoms with E-state index in [1.54, 1.807) is 0 Å². The molecule has 1 aliphatic heterocycles. The van der Waals surface area contributed by atoms with Crippen molar-refractivity contribution in [2.75, 3.05) is 27.2 Å². The summed E-state index contributed by atoms with van der Waals surface area (Å²) < 4.78 is 6.33. The lowest BCUT2D eigenvalue weighted by atomic mass is 9.83. The summed E-state index contributed by atoms with van der Waals surface area (Å²) in [6.45, 7) is 6.53. The molecule has 1 unspecified atom stereocenters. The number of hydrogen-bond acceptors (Lipinski definition) is 3. The van der Waals surface area contributed by atoms with Crippen molar-refractivity contribution < 1.29 is 4.74 Å². The Bertz CT molecular complexity index is 427. The fourth-order valence-electron chi connectivity index (χ4n) is 2.95. The van der Waals surface area contributed by atoms with Gasteiger partial charge in [-0.15, -0.1) is 0 Å². The van der Waals surface area contributed by atoms with Gasteiger partial charge in [-0.1, -0.05) is 32.0 Å². The van der Waals surface area contributed by atoms with Gasteiger partial charge in [-0.2, -0.15) is 0 Å². The lowest BCUT2D eigenvalue weighted by Crippen LogP contribution is -2.44. The van der Waals surface area contributed by atoms with Crippen molar-refractivity contribution in [1.29, 1.82) is 0 Å². The molecule has 0 saturated heterocycles. The number of rotatable bonds is 6. The minimum absolute atomic E-state index is 0.00979. The van der Waals surface area contributed by atoms with E-state index in [0.717, 1.165) is 38.1 Å². The molecule has 0 spiro atoms. The maximum atomic E-state index is 6.33. The van der Waals surface area contributed by atoms with Crippen molar-refractivity contribution in [2.45, 2.75) is 44.8 Å². The number of likely N-dealkylation sites (N-methyl/N-ethyl adjacent to an activating group) is 1. The molecule has 3 heteroatoms. The van der Waals surface area contributed by atoms with Gasteiger partial charge in [0.05, 0.1) is 0 Å². The van der Waals surface area contributed by atoms with Gasteiger partial charge in [0.1, 0.15) is 11.4 Å². The third-order valence-corrected chi connectivity index (χ3v) is 4.44. The van der Waals surface area contributed by atoms with Crippen molar-refractivity contribution in [3.05, 3.63) is 29.8 Å². The molecule has 2 rings (SSSR count). The van der Waals surface area contributed by atoms with Gasteiger partial charge in [-0.05, 0) is 33.0 Å². The van der Waals surface area contributed by atoms with Crippen LogP contribution in [0, 0.1) is 0 Å². The fraction of sp³-hybridized carbons (Fsp3) is 0.647. The van der Waals surface area contributed by atoms with E-state index in [1.807, 2.05) is 0 Å². The molecule has 1 aromatic rings. The second-order valence-electron chi connectivity index (χ2n) is 6.04. The average Bonchev–Trinajstić information content (AvgIpc) is 2.46. The van der Waals surface area contributed by atoms with Crippen molar-refractivity contribution in [3.8, 4) is 5.75 Å². The Hall–Kier alpha value is -1.06. The molecule has 20 heavy (non-hydrogen) atoms. The summed E-state index contributed by atoms with van der Waals surface area (Å²) in [4.78, 5) is 2.21. The maximum Gasteiger partial charge on any atom is 0.124 e. The number of fused-ring (bicyclic) bond motifs is 1. The highest BCUT2D eigenvalue weighted by Crippen LogP contribution is 2.42. The van der Waals surface area contributed by atoms with Crippen LogP contribution in [0.15, 0.2) is 24.3 Å². The first-order valence-electron chi connectivity index (χ1n) is 7.76. The molecular formula is C17H28N2O. The van der Waals surface area contributed by atoms with E-state index >= 15 is 0 Å². The Balaban J connectivity index is 2.16. The molecule has 112 valence electrons. The van der Waals surface area contributed by atoms with E-state index in [2.05, 4.69) is 62.4 Å². The SMILES string of the molecule is CCC1(CC)CC(NCCN(C)C)c2ccccc2O1. The third-order valence-electron chi connectivity index (χ3n) is 4.44. The number of benzene rings is 1. The predicted octanol–water partition coefficient (Wildman–Crippen LogP) is 3.22. The monoisotopic (exact) mass is 276 g/mol. The van der Waals surface area contributed by atoms with Crippen LogP contribution in [0.4, 0.5) is 0 Å². The van der Waals surface area contributed by atoms with Crippen LogP contribution < -0.4 is 10.1 Å². The number of nitrogens with one attached hydrogen (secondary N) is 1. The molecular weight excluding hydrogens is 248 g/mol. The van der Waals surface area contributed by atoms with Crippen LogP contribution in [0.2, 0.25) is 0 Å². The van der Waals surface area contributed by atoms with E-state index in [9.17, 15) is 0 Å². The zero-order valence-electron chi connectivity index (χ0n) is 13.3. The summed E-state index contributed by atoms with van der Waals surface area (Å²) in [7, 11) is 4.23. The Morgan fingerprint density at radius 3 is 2.60 bits per heavy atom. The van der Waals surface area contributed by atoms with Gasteiger partial charge in [0.25, 0.3) is 0 Å². The standard InChI is InChI=1S/C17H28N2O/c1-5-17(6-2)13-15(18-11-12-19(3)4)14-9-7-8-10-16(14)20-17/h7-10,15,18H,5-6,11-13H2,1-4H3. The number of ether oxygens (including phenoxy) is 1. The molecule has 0 bridgehead atoms. The first kappa shape index (κ1) is 15.3. The molecule has 0 radical (unpaired) electrons. The van der Waals surface area contributed by atoms with Gasteiger partial charge in [-0.3, -0.25) is 0 Å². The summed E-state index contributed by atoms with van der Waals surface area (Å²) in [5.41, 5.74) is 1.30. The third kappa shape index (κ3) is 3.33. The zero-order chi connectivity index (χ0) is 14.6. The smallest absolute Gasteiger partial charge is 0.124 e. The molecule has 1 N–H and O–H groups in total. The second-order valence-corrected chi connectivity index (χ2v) is 6.04. The maximum absolute atomic E-state index is 6.33. The molecule has 1 heterocycles. The normalized spacial score (nSPS) is 20.6. The lowest BCUT2D eigenvalue weighted by Gasteiger charge is -2.42. The molecule has 0 aromatic heterocycles. The molecule has 0 saturated carbocycles. The van der Waals surface area contributed by atoms with Crippen LogP contribution in [0.25, 0.3) is 0 Å². The number of para-hydroxylation sites is 1. The second kappa shape index (κ2) is 6.59. The highest BCUT2D eigenvalue weighted by atomic mass is 16.5. The molecule has 1 aromatic carbocycles. The fourth-order valence-corrected chi connectivity index (χ4v) is 2.95. The molecule has 1 aliphatic rings. The Morgan fingerprint density at radius 2 is 1.95 bits per heavy atom. The first-order chi connectivity index (χ1) is 9.60. The van der Waals surface area contributed by atoms with Crippen LogP contribution >= 0.6 is 0 Å². The topological polar surface area (TPSA) is 24.5 Å². The van der Waals surface area contributed by atoms with Gasteiger partial charge in [-0.25, -0.2) is 0 Å². The summed E-state index contributed by atoms with van der Waals surface area (Å²) in [6, 6.07) is 8.87. The first-order valence-corrected chi connectivity index (χ1v) is 7.76. The zero-order valence-corrected chi connectivity index (χ0v) is 13.3. The van der Waals surface area contributed by atoms with E-state index in [4.69, 9.17) is 4.74 Å². The molecule has 1 atom stereocenters. The van der Waals surface area contributed by atoms with E-state index in [0.29, 0.717) is 6.04 Å². The molecule has 3 nitrogen and oxygen atoms in total. The molecule has 0 fully saturated rings. The summed E-state index contributed by atoms with van der Waals surface area (Å²) in [5.74, 6) is 1.06. The van der Waals surface area contributed by atoms with Gasteiger partial charge in [0, 0.05) is 31.1 Å². The van der Waals surface area contributed by atoms with Gasteiger partial charge < -0.3 is 15.0 Å². The van der Waals surface area contributed by atoms with Gasteiger partial charge in [0.15, 0.2) is 0 Å². The van der Waals surface area contributed by atoms with Gasteiger partial charge >= 0.3 is 0 Å². The Morgan fingerprint density at radius 1 is 1.25 bits per heavy atom. The molecule has 0 aliphatic carbocycles. The van der Waals surface area contributed by atoms with Crippen molar-refractivity contribution >= 4 is 0 Å². The number of hydrogen-bond donors (Lipinski definition) is 1. The summed E-state index contributed by atoms with van der Waals surface area (Å²) in [5, 5.41) is 3.71. The van der Waals surface area contributed by atoms with E-state index in [-0.39, 0.29) is 5.60 Å². The minimum Gasteiger partial charge on any atom is -0.487 e. The number of nitrogens with zero attached hydrogens (tertiary/aromatic N) is 1. The molecule has 0 amide bonds. The van der Waals surface area contributed by atoms with Crippen molar-refractivity contribution in [1.82, 2.24) is 10.2 Å². The van der Waals surface area contributed by atoms with Crippen LogP contribution in [0.1, 0.15) is 44.7 Å². The Kier molecular flexibility index (Phi) is 5.06. The summed E-state index contributed by atoms with van der Waals surface area (Å²) in [6.07, 6.45) is 3.18. The minimum atomic E-state index is -0.00979. The quantitative estimate of drug-likeness (QED) is 0.863. The van der Waals surface area contributed by atoms with Crippen LogP contribution in [-0.2, 0) is 0 Å². The Labute approximate surface area is 123 Å².